The lowest BCUT2D eigenvalue weighted by atomic mass is 9.48. The highest BCUT2D eigenvalue weighted by Crippen LogP contribution is 2.62. The van der Waals surface area contributed by atoms with Crippen LogP contribution >= 0.6 is 0 Å². The second kappa shape index (κ2) is 5.96. The number of amides is 2. The molecule has 4 aliphatic carbocycles. The van der Waals surface area contributed by atoms with Gasteiger partial charge in [-0.2, -0.15) is 0 Å². The Kier molecular flexibility index (Phi) is 4.00. The average molecular weight is 345 g/mol. The van der Waals surface area contributed by atoms with Crippen LogP contribution in [0.5, 0.6) is 0 Å². The van der Waals surface area contributed by atoms with Gasteiger partial charge >= 0.3 is 0 Å². The summed E-state index contributed by atoms with van der Waals surface area (Å²) in [6.07, 6.45) is 8.58. The van der Waals surface area contributed by atoms with Crippen LogP contribution in [-0.4, -0.2) is 34.1 Å². The standard InChI is InChI=1S/C20H27NO4/c1-2-3-17(24)21-11-16(23)18(19(21)25)15(22)10-20-7-12-4-13(8-20)6-14(5-12)9-20/h12-14,22H,2-11H2,1H3/b18-15+. The summed E-state index contributed by atoms with van der Waals surface area (Å²) in [5.74, 6) is 0.870. The second-order valence-corrected chi connectivity index (χ2v) is 8.87. The van der Waals surface area contributed by atoms with Crippen molar-refractivity contribution in [3.05, 3.63) is 11.3 Å². The van der Waals surface area contributed by atoms with Crippen molar-refractivity contribution in [2.75, 3.05) is 6.54 Å². The number of rotatable bonds is 4. The number of imide groups is 1. The zero-order valence-electron chi connectivity index (χ0n) is 14.9. The van der Waals surface area contributed by atoms with Gasteiger partial charge in [0.05, 0.1) is 6.54 Å². The summed E-state index contributed by atoms with van der Waals surface area (Å²) >= 11 is 0. The van der Waals surface area contributed by atoms with Gasteiger partial charge in [0, 0.05) is 12.8 Å². The molecule has 136 valence electrons. The number of Topliss-reactive ketones (excluding diaryl/α,β-unsaturated/α-hetero) is 1. The van der Waals surface area contributed by atoms with E-state index in [1.165, 1.54) is 19.3 Å². The fourth-order valence-corrected chi connectivity index (χ4v) is 6.33. The van der Waals surface area contributed by atoms with Gasteiger partial charge in [-0.25, -0.2) is 0 Å². The van der Waals surface area contributed by atoms with E-state index in [9.17, 15) is 19.5 Å². The minimum Gasteiger partial charge on any atom is -0.511 e. The SMILES string of the molecule is CCCC(=O)N1CC(=O)/C(=C(\O)CC23CC4CC(CC(C4)C2)C3)C1=O. The van der Waals surface area contributed by atoms with Crippen LogP contribution in [0.15, 0.2) is 11.3 Å². The number of carbonyl (C=O) groups excluding carboxylic acids is 3. The van der Waals surface area contributed by atoms with Gasteiger partial charge in [0.15, 0.2) is 5.78 Å². The number of allylic oxidation sites excluding steroid dienone is 1. The van der Waals surface area contributed by atoms with Crippen molar-refractivity contribution in [2.45, 2.75) is 64.7 Å². The maximum absolute atomic E-state index is 12.5. The first-order valence-electron chi connectivity index (χ1n) is 9.71. The molecule has 1 heterocycles. The van der Waals surface area contributed by atoms with Crippen molar-refractivity contribution >= 4 is 17.6 Å². The quantitative estimate of drug-likeness (QED) is 0.482. The van der Waals surface area contributed by atoms with E-state index in [2.05, 4.69) is 0 Å². The number of hydrogen-bond donors (Lipinski definition) is 1. The van der Waals surface area contributed by atoms with Gasteiger partial charge < -0.3 is 5.11 Å². The van der Waals surface area contributed by atoms with E-state index >= 15 is 0 Å². The monoisotopic (exact) mass is 345 g/mol. The predicted molar refractivity (Wildman–Crippen MR) is 91.5 cm³/mol. The van der Waals surface area contributed by atoms with Crippen molar-refractivity contribution in [3.63, 3.8) is 0 Å². The first-order chi connectivity index (χ1) is 11.9. The van der Waals surface area contributed by atoms with Crippen LogP contribution in [0.2, 0.25) is 0 Å². The van der Waals surface area contributed by atoms with Crippen molar-refractivity contribution in [1.29, 1.82) is 0 Å². The Morgan fingerprint density at radius 2 is 1.68 bits per heavy atom. The second-order valence-electron chi connectivity index (χ2n) is 8.87. The Labute approximate surface area is 148 Å². The number of carbonyl (C=O) groups is 3. The zero-order chi connectivity index (χ0) is 17.8. The number of aliphatic hydroxyl groups is 1. The minimum absolute atomic E-state index is 0.0627. The Balaban J connectivity index is 1.55. The molecule has 0 aromatic rings. The molecule has 0 aromatic heterocycles. The highest BCUT2D eigenvalue weighted by Gasteiger charge is 2.52. The molecule has 25 heavy (non-hydrogen) atoms. The predicted octanol–water partition coefficient (Wildman–Crippen LogP) is 3.14. The van der Waals surface area contributed by atoms with E-state index in [0.29, 0.717) is 12.8 Å². The molecule has 0 atom stereocenters. The molecule has 5 heteroatoms. The Hall–Kier alpha value is -1.65. The van der Waals surface area contributed by atoms with Crippen LogP contribution in [-0.2, 0) is 14.4 Å². The van der Waals surface area contributed by atoms with Gasteiger partial charge in [0.1, 0.15) is 11.3 Å². The van der Waals surface area contributed by atoms with Crippen LogP contribution in [0.4, 0.5) is 0 Å². The number of aliphatic hydroxyl groups excluding tert-OH is 1. The van der Waals surface area contributed by atoms with Gasteiger partial charge in [0.2, 0.25) is 5.91 Å². The molecule has 1 saturated heterocycles. The number of nitrogens with zero attached hydrogens (tertiary/aromatic N) is 1. The number of ketones is 1. The maximum atomic E-state index is 12.5. The molecular weight excluding hydrogens is 318 g/mol. The maximum Gasteiger partial charge on any atom is 0.268 e. The van der Waals surface area contributed by atoms with Crippen LogP contribution in [0.1, 0.15) is 64.7 Å². The van der Waals surface area contributed by atoms with Crippen molar-refractivity contribution in [1.82, 2.24) is 4.90 Å². The van der Waals surface area contributed by atoms with Gasteiger partial charge in [-0.3, -0.25) is 19.3 Å². The molecular formula is C20H27NO4. The van der Waals surface area contributed by atoms with Crippen LogP contribution in [0.3, 0.4) is 0 Å². The topological polar surface area (TPSA) is 74.7 Å². The van der Waals surface area contributed by atoms with Crippen LogP contribution in [0.25, 0.3) is 0 Å². The molecule has 2 amide bonds. The molecule has 4 bridgehead atoms. The first kappa shape index (κ1) is 16.8. The normalized spacial score (nSPS) is 38.6. The fraction of sp³-hybridized carbons (Fsp3) is 0.750. The van der Waals surface area contributed by atoms with E-state index in [4.69, 9.17) is 0 Å². The van der Waals surface area contributed by atoms with E-state index in [1.807, 2.05) is 6.92 Å². The Morgan fingerprint density at radius 1 is 1.12 bits per heavy atom. The zero-order valence-corrected chi connectivity index (χ0v) is 14.9. The molecule has 0 radical (unpaired) electrons. The lowest BCUT2D eigenvalue weighted by Gasteiger charge is -2.57. The largest absolute Gasteiger partial charge is 0.511 e. The van der Waals surface area contributed by atoms with E-state index in [-0.39, 0.29) is 35.6 Å². The lowest BCUT2D eigenvalue weighted by molar-refractivity contribution is -0.141. The third-order valence-electron chi connectivity index (χ3n) is 6.80. The van der Waals surface area contributed by atoms with Gasteiger partial charge in [-0.1, -0.05) is 6.92 Å². The molecule has 5 nitrogen and oxygen atoms in total. The molecule has 0 aromatic carbocycles. The highest BCUT2D eigenvalue weighted by molar-refractivity contribution is 6.29. The molecule has 4 saturated carbocycles. The number of likely N-dealkylation sites (tertiary alicyclic amines) is 1. The molecule has 5 rings (SSSR count). The molecule has 5 fully saturated rings. The molecule has 0 spiro atoms. The fourth-order valence-electron chi connectivity index (χ4n) is 6.33. The molecule has 1 aliphatic heterocycles. The van der Waals surface area contributed by atoms with Gasteiger partial charge in [-0.15, -0.1) is 0 Å². The Morgan fingerprint density at radius 3 is 2.20 bits per heavy atom. The molecule has 0 unspecified atom stereocenters. The minimum atomic E-state index is -0.592. The molecule has 1 N–H and O–H groups in total. The smallest absolute Gasteiger partial charge is 0.268 e. The number of hydrogen-bond acceptors (Lipinski definition) is 4. The summed E-state index contributed by atoms with van der Waals surface area (Å²) in [5, 5.41) is 10.7. The summed E-state index contributed by atoms with van der Waals surface area (Å²) < 4.78 is 0. The van der Waals surface area contributed by atoms with Crippen LogP contribution < -0.4 is 0 Å². The Bertz CT molecular complexity index is 627. The van der Waals surface area contributed by atoms with Gasteiger partial charge in [-0.05, 0) is 68.1 Å². The van der Waals surface area contributed by atoms with Crippen molar-refractivity contribution in [3.8, 4) is 0 Å². The summed E-state index contributed by atoms with van der Waals surface area (Å²) in [6, 6.07) is 0. The van der Waals surface area contributed by atoms with Gasteiger partial charge in [0.25, 0.3) is 5.91 Å². The van der Waals surface area contributed by atoms with Crippen molar-refractivity contribution < 1.29 is 19.5 Å². The van der Waals surface area contributed by atoms with Crippen molar-refractivity contribution in [2.24, 2.45) is 23.2 Å². The first-order valence-corrected chi connectivity index (χ1v) is 9.71. The van der Waals surface area contributed by atoms with E-state index in [0.717, 1.165) is 41.9 Å². The average Bonchev–Trinajstić information content (AvgIpc) is 2.80. The summed E-state index contributed by atoms with van der Waals surface area (Å²) in [6.45, 7) is 1.65. The third-order valence-corrected chi connectivity index (χ3v) is 6.80. The highest BCUT2D eigenvalue weighted by atomic mass is 16.3. The summed E-state index contributed by atoms with van der Waals surface area (Å²) in [5.41, 5.74) is -0.0621. The van der Waals surface area contributed by atoms with E-state index in [1.54, 1.807) is 0 Å². The molecule has 5 aliphatic rings. The summed E-state index contributed by atoms with van der Waals surface area (Å²) in [4.78, 5) is 37.9. The van der Waals surface area contributed by atoms with Crippen LogP contribution in [0, 0.1) is 23.2 Å². The lowest BCUT2D eigenvalue weighted by Crippen LogP contribution is -2.46. The van der Waals surface area contributed by atoms with E-state index < -0.39 is 11.7 Å². The third kappa shape index (κ3) is 2.81. The summed E-state index contributed by atoms with van der Waals surface area (Å²) in [7, 11) is 0.